The number of rotatable bonds is 9. The second kappa shape index (κ2) is 14.9. The zero-order valence-electron chi connectivity index (χ0n) is 28.0. The molecule has 49 heavy (non-hydrogen) atoms. The van der Waals surface area contributed by atoms with Crippen molar-refractivity contribution in [2.45, 2.75) is 116 Å². The number of hydrogen-bond donors (Lipinski definition) is 3. The predicted octanol–water partition coefficient (Wildman–Crippen LogP) is 7.29. The smallest absolute Gasteiger partial charge is 0.248 e. The van der Waals surface area contributed by atoms with Crippen LogP contribution in [0, 0.1) is 12.3 Å². The van der Waals surface area contributed by atoms with Crippen LogP contribution >= 0.6 is 0 Å². The van der Waals surface area contributed by atoms with Crippen LogP contribution in [0.25, 0.3) is 0 Å². The lowest BCUT2D eigenvalue weighted by Gasteiger charge is -2.41. The number of pyridine rings is 1. The van der Waals surface area contributed by atoms with E-state index in [1.807, 2.05) is 19.1 Å². The van der Waals surface area contributed by atoms with Gasteiger partial charge in [-0.3, -0.25) is 4.98 Å². The van der Waals surface area contributed by atoms with E-state index in [0.29, 0.717) is 78.4 Å². The van der Waals surface area contributed by atoms with E-state index in [-0.39, 0.29) is 57.0 Å². The number of aryl methyl sites for hydroxylation is 1. The highest BCUT2D eigenvalue weighted by molar-refractivity contribution is 5.51. The molecule has 3 heterocycles. The number of halogens is 3. The van der Waals surface area contributed by atoms with Crippen LogP contribution < -0.4 is 9.64 Å². The van der Waals surface area contributed by atoms with Crippen molar-refractivity contribution in [3.8, 4) is 5.75 Å². The Morgan fingerprint density at radius 3 is 2.22 bits per heavy atom. The van der Waals surface area contributed by atoms with Crippen molar-refractivity contribution in [3.05, 3.63) is 75.9 Å². The molecule has 2 fully saturated rings. The van der Waals surface area contributed by atoms with Crippen LogP contribution in [-0.4, -0.2) is 68.6 Å². The Hall–Kier alpha value is -3.28. The van der Waals surface area contributed by atoms with Crippen LogP contribution in [0.1, 0.15) is 130 Å². The first kappa shape index (κ1) is 37.0. The lowest BCUT2D eigenvalue weighted by atomic mass is 9.68. The first-order valence-corrected chi connectivity index (χ1v) is 17.2. The number of aromatic nitrogens is 3. The van der Waals surface area contributed by atoms with Crippen molar-refractivity contribution in [2.75, 3.05) is 31.2 Å². The number of fused-ring (bicyclic) bond motifs is 1. The zero-order valence-corrected chi connectivity index (χ0v) is 28.0. The lowest BCUT2D eigenvalue weighted by Crippen LogP contribution is -2.36. The largest absolute Gasteiger partial charge is 0.488 e. The molecule has 0 spiro atoms. The van der Waals surface area contributed by atoms with Gasteiger partial charge in [0, 0.05) is 48.7 Å². The van der Waals surface area contributed by atoms with Crippen LogP contribution in [0.4, 0.5) is 19.1 Å². The molecule has 0 unspecified atom stereocenters. The van der Waals surface area contributed by atoms with Crippen LogP contribution in [0.15, 0.2) is 36.7 Å². The van der Waals surface area contributed by atoms with E-state index in [1.54, 1.807) is 12.1 Å². The Morgan fingerprint density at radius 1 is 0.980 bits per heavy atom. The highest BCUT2D eigenvalue weighted by Crippen LogP contribution is 2.52. The Labute approximate surface area is 287 Å². The Morgan fingerprint density at radius 2 is 1.61 bits per heavy atom. The molecular formula is C38H51F3N4O4. The molecule has 8 nitrogen and oxygen atoms in total. The second-order valence-electron chi connectivity index (χ2n) is 14.8. The number of alkyl halides is 3. The molecule has 2 aliphatic carbocycles. The number of benzene rings is 1. The number of piperidine rings is 1. The van der Waals surface area contributed by atoms with Crippen LogP contribution in [-0.2, 0) is 6.42 Å². The maximum Gasteiger partial charge on any atom is 0.248 e. The monoisotopic (exact) mass is 684 g/mol. The summed E-state index contributed by atoms with van der Waals surface area (Å²) in [5, 5.41) is 30.2. The highest BCUT2D eigenvalue weighted by atomic mass is 19.3. The Balaban J connectivity index is 0.00000468. The van der Waals surface area contributed by atoms with E-state index in [1.165, 1.54) is 12.4 Å². The van der Waals surface area contributed by atoms with Gasteiger partial charge in [-0.15, -0.1) is 0 Å². The average Bonchev–Trinajstić information content (AvgIpc) is 3.06. The minimum atomic E-state index is -2.74. The second-order valence-corrected chi connectivity index (χ2v) is 14.8. The molecule has 268 valence electrons. The molecule has 1 aliphatic heterocycles. The standard InChI is InChI=1S/C37H47F3N4O4.CH4/c1-22-4-6-24(7-5-22)33(38)32-30(23-8-12-37(39,40)13-9-23)31-28(16-36(2,3)17-29(31)47)43-34(32)25-10-14-44(15-11-25)35-41-18-27(19-42-35)48-21-26(46)20-45;/h4-7,18-19,23,25-26,29,33,45-47H,8-17,20-21H2,1-3H3;1H4/t26-,29-,33-;/m0./s1. The number of aliphatic hydroxyl groups is 3. The van der Waals surface area contributed by atoms with E-state index in [4.69, 9.17) is 14.8 Å². The molecule has 3 aromatic rings. The van der Waals surface area contributed by atoms with Crippen molar-refractivity contribution in [2.24, 2.45) is 5.41 Å². The summed E-state index contributed by atoms with van der Waals surface area (Å²) in [6, 6.07) is 7.35. The minimum Gasteiger partial charge on any atom is -0.488 e. The number of aliphatic hydroxyl groups excluding tert-OH is 3. The molecule has 1 saturated carbocycles. The summed E-state index contributed by atoms with van der Waals surface area (Å²) >= 11 is 0. The maximum atomic E-state index is 17.2. The van der Waals surface area contributed by atoms with Crippen LogP contribution in [0.5, 0.6) is 5.75 Å². The van der Waals surface area contributed by atoms with Crippen molar-refractivity contribution in [3.63, 3.8) is 0 Å². The van der Waals surface area contributed by atoms with Crippen LogP contribution in [0.3, 0.4) is 0 Å². The van der Waals surface area contributed by atoms with Gasteiger partial charge in [-0.05, 0) is 67.9 Å². The van der Waals surface area contributed by atoms with Crippen molar-refractivity contribution >= 4 is 5.95 Å². The summed E-state index contributed by atoms with van der Waals surface area (Å²) in [6.07, 6.45) is 2.14. The average molecular weight is 685 g/mol. The van der Waals surface area contributed by atoms with E-state index >= 15 is 4.39 Å². The summed E-state index contributed by atoms with van der Waals surface area (Å²) in [7, 11) is 0. The lowest BCUT2D eigenvalue weighted by molar-refractivity contribution is -0.0385. The number of ether oxygens (including phenoxy) is 1. The molecule has 11 heteroatoms. The van der Waals surface area contributed by atoms with Gasteiger partial charge in [-0.1, -0.05) is 51.1 Å². The van der Waals surface area contributed by atoms with E-state index < -0.39 is 30.9 Å². The van der Waals surface area contributed by atoms with Gasteiger partial charge in [0.15, 0.2) is 11.9 Å². The summed E-state index contributed by atoms with van der Waals surface area (Å²) in [5.41, 5.74) is 4.60. The molecule has 3 aliphatic rings. The molecule has 3 atom stereocenters. The van der Waals surface area contributed by atoms with E-state index in [9.17, 15) is 19.0 Å². The van der Waals surface area contributed by atoms with E-state index in [2.05, 4.69) is 28.7 Å². The molecular weight excluding hydrogens is 633 g/mol. The number of nitrogens with zero attached hydrogens (tertiary/aromatic N) is 4. The molecule has 0 bridgehead atoms. The van der Waals surface area contributed by atoms with Gasteiger partial charge >= 0.3 is 0 Å². The summed E-state index contributed by atoms with van der Waals surface area (Å²) in [5.74, 6) is -2.20. The molecule has 1 saturated heterocycles. The molecule has 6 rings (SSSR count). The topological polar surface area (TPSA) is 112 Å². The fourth-order valence-corrected chi connectivity index (χ4v) is 7.76. The van der Waals surface area contributed by atoms with E-state index in [0.717, 1.165) is 11.3 Å². The predicted molar refractivity (Wildman–Crippen MR) is 183 cm³/mol. The summed E-state index contributed by atoms with van der Waals surface area (Å²) in [4.78, 5) is 16.2. The maximum absolute atomic E-state index is 17.2. The summed E-state index contributed by atoms with van der Waals surface area (Å²) in [6.45, 7) is 6.89. The van der Waals surface area contributed by atoms with Gasteiger partial charge in [-0.2, -0.15) is 0 Å². The van der Waals surface area contributed by atoms with Gasteiger partial charge in [0.2, 0.25) is 11.9 Å². The first-order valence-electron chi connectivity index (χ1n) is 17.2. The van der Waals surface area contributed by atoms with Crippen molar-refractivity contribution in [1.82, 2.24) is 15.0 Å². The van der Waals surface area contributed by atoms with Gasteiger partial charge in [-0.25, -0.2) is 23.1 Å². The third kappa shape index (κ3) is 8.21. The fraction of sp³-hybridized carbons (Fsp3) is 0.605. The van der Waals surface area contributed by atoms with Gasteiger partial charge in [0.25, 0.3) is 0 Å². The Kier molecular flexibility index (Phi) is 11.3. The van der Waals surface area contributed by atoms with Gasteiger partial charge < -0.3 is 25.0 Å². The normalized spacial score (nSPS) is 22.1. The third-order valence-electron chi connectivity index (χ3n) is 10.3. The quantitative estimate of drug-likeness (QED) is 0.216. The fourth-order valence-electron chi connectivity index (χ4n) is 7.76. The van der Waals surface area contributed by atoms with Gasteiger partial charge in [0.1, 0.15) is 12.7 Å². The summed E-state index contributed by atoms with van der Waals surface area (Å²) < 4.78 is 51.5. The molecule has 1 aromatic carbocycles. The Bertz CT molecular complexity index is 1550. The first-order chi connectivity index (χ1) is 22.8. The highest BCUT2D eigenvalue weighted by Gasteiger charge is 2.43. The molecule has 3 N–H and O–H groups in total. The SMILES string of the molecule is C.Cc1ccc([C@H](F)c2c(C3CCN(c4ncc(OC[C@@H](O)CO)cn4)CC3)nc3c(c2C2CCC(F)(F)CC2)[C@@H](O)CC(C)(C)C3)cc1. The minimum absolute atomic E-state index is 0. The number of hydrogen-bond acceptors (Lipinski definition) is 8. The third-order valence-corrected chi connectivity index (χ3v) is 10.3. The zero-order chi connectivity index (χ0) is 34.2. The van der Waals surface area contributed by atoms with Gasteiger partial charge in [0.05, 0.1) is 30.8 Å². The van der Waals surface area contributed by atoms with Crippen molar-refractivity contribution < 1.29 is 33.2 Å². The molecule has 2 aromatic heterocycles. The van der Waals surface area contributed by atoms with Crippen LogP contribution in [0.2, 0.25) is 0 Å². The van der Waals surface area contributed by atoms with Crippen molar-refractivity contribution in [1.29, 1.82) is 0 Å². The number of anilines is 1. The molecule has 0 radical (unpaired) electrons. The molecule has 0 amide bonds.